The summed E-state index contributed by atoms with van der Waals surface area (Å²) < 4.78 is 5.11. The summed E-state index contributed by atoms with van der Waals surface area (Å²) >= 11 is 0. The van der Waals surface area contributed by atoms with Crippen molar-refractivity contribution >= 4 is 17.7 Å². The monoisotopic (exact) mass is 227 g/mol. The molecule has 1 aromatic carbocycles. The van der Waals surface area contributed by atoms with Crippen LogP contribution < -0.4 is 4.90 Å². The van der Waals surface area contributed by atoms with Gasteiger partial charge >= 0.3 is 0 Å². The number of nitrogens with zero attached hydrogens (tertiary/aromatic N) is 1. The smallest absolute Gasteiger partial charge is 0.250 e. The first kappa shape index (κ1) is 11.2. The Hall–Kier alpha value is -2.29. The minimum atomic E-state index is -0.0902. The molecule has 1 aromatic heterocycles. The SMILES string of the molecule is CN(C(=O)/C=C/c1ccco1)c1ccccc1. The van der Waals surface area contributed by atoms with Crippen molar-refractivity contribution in [3.05, 3.63) is 60.6 Å². The zero-order chi connectivity index (χ0) is 12.1. The highest BCUT2D eigenvalue weighted by molar-refractivity contribution is 6.03. The van der Waals surface area contributed by atoms with Crippen LogP contribution in [-0.2, 0) is 4.79 Å². The van der Waals surface area contributed by atoms with Crippen LogP contribution in [0.4, 0.5) is 5.69 Å². The zero-order valence-electron chi connectivity index (χ0n) is 9.54. The highest BCUT2D eigenvalue weighted by Crippen LogP contribution is 2.12. The van der Waals surface area contributed by atoms with Gasteiger partial charge in [0.2, 0.25) is 0 Å². The van der Waals surface area contributed by atoms with Gasteiger partial charge in [0, 0.05) is 18.8 Å². The molecule has 2 rings (SSSR count). The van der Waals surface area contributed by atoms with Gasteiger partial charge in [0.25, 0.3) is 5.91 Å². The van der Waals surface area contributed by atoms with E-state index < -0.39 is 0 Å². The highest BCUT2D eigenvalue weighted by Gasteiger charge is 2.06. The lowest BCUT2D eigenvalue weighted by Crippen LogP contribution is -2.23. The lowest BCUT2D eigenvalue weighted by Gasteiger charge is -2.14. The summed E-state index contributed by atoms with van der Waals surface area (Å²) in [6, 6.07) is 13.1. The fourth-order valence-corrected chi connectivity index (χ4v) is 1.43. The largest absolute Gasteiger partial charge is 0.465 e. The zero-order valence-corrected chi connectivity index (χ0v) is 9.54. The Morgan fingerprint density at radius 2 is 1.94 bits per heavy atom. The molecule has 2 aromatic rings. The van der Waals surface area contributed by atoms with Crippen LogP contribution in [0, 0.1) is 0 Å². The maximum atomic E-state index is 11.8. The Balaban J connectivity index is 2.06. The van der Waals surface area contributed by atoms with E-state index in [1.54, 1.807) is 36.4 Å². The van der Waals surface area contributed by atoms with Crippen molar-refractivity contribution in [3.8, 4) is 0 Å². The number of likely N-dealkylation sites (N-methyl/N-ethyl adjacent to an activating group) is 1. The molecule has 1 heterocycles. The van der Waals surface area contributed by atoms with Crippen molar-refractivity contribution in [2.45, 2.75) is 0 Å². The molecule has 86 valence electrons. The van der Waals surface area contributed by atoms with Gasteiger partial charge in [-0.15, -0.1) is 0 Å². The van der Waals surface area contributed by atoms with Crippen LogP contribution in [0.25, 0.3) is 6.08 Å². The number of rotatable bonds is 3. The van der Waals surface area contributed by atoms with Crippen molar-refractivity contribution in [1.82, 2.24) is 0 Å². The summed E-state index contributed by atoms with van der Waals surface area (Å²) in [5, 5.41) is 0. The molecule has 0 N–H and O–H groups in total. The van der Waals surface area contributed by atoms with Crippen molar-refractivity contribution < 1.29 is 9.21 Å². The molecule has 0 unspecified atom stereocenters. The van der Waals surface area contributed by atoms with Gasteiger partial charge in [0.15, 0.2) is 0 Å². The predicted molar refractivity (Wildman–Crippen MR) is 67.6 cm³/mol. The van der Waals surface area contributed by atoms with Gasteiger partial charge in [0.05, 0.1) is 6.26 Å². The number of amides is 1. The summed E-state index contributed by atoms with van der Waals surface area (Å²) in [6.45, 7) is 0. The summed E-state index contributed by atoms with van der Waals surface area (Å²) in [6.07, 6.45) is 4.72. The van der Waals surface area contributed by atoms with Crippen LogP contribution >= 0.6 is 0 Å². The molecule has 0 aliphatic carbocycles. The van der Waals surface area contributed by atoms with E-state index in [2.05, 4.69) is 0 Å². The van der Waals surface area contributed by atoms with Crippen LogP contribution in [0.3, 0.4) is 0 Å². The van der Waals surface area contributed by atoms with Gasteiger partial charge in [0.1, 0.15) is 5.76 Å². The van der Waals surface area contributed by atoms with Crippen LogP contribution in [0.5, 0.6) is 0 Å². The Morgan fingerprint density at radius 1 is 1.18 bits per heavy atom. The van der Waals surface area contributed by atoms with E-state index in [0.717, 1.165) is 5.69 Å². The predicted octanol–water partition coefficient (Wildman–Crippen LogP) is 2.96. The molecule has 0 spiro atoms. The fourth-order valence-electron chi connectivity index (χ4n) is 1.43. The molecule has 1 amide bonds. The van der Waals surface area contributed by atoms with Crippen LogP contribution in [0.2, 0.25) is 0 Å². The quantitative estimate of drug-likeness (QED) is 0.755. The van der Waals surface area contributed by atoms with Gasteiger partial charge in [-0.1, -0.05) is 18.2 Å². The lowest BCUT2D eigenvalue weighted by molar-refractivity contribution is -0.113. The molecule has 0 saturated heterocycles. The third-order valence-corrected chi connectivity index (χ3v) is 2.41. The third kappa shape index (κ3) is 2.84. The van der Waals surface area contributed by atoms with Crippen LogP contribution in [-0.4, -0.2) is 13.0 Å². The van der Waals surface area contributed by atoms with Crippen molar-refractivity contribution in [3.63, 3.8) is 0 Å². The number of para-hydroxylation sites is 1. The normalized spacial score (nSPS) is 10.6. The van der Waals surface area contributed by atoms with E-state index in [0.29, 0.717) is 5.76 Å². The standard InChI is InChI=1S/C14H13NO2/c1-15(12-6-3-2-4-7-12)14(16)10-9-13-8-5-11-17-13/h2-11H,1H3/b10-9+. The van der Waals surface area contributed by atoms with E-state index in [1.807, 2.05) is 30.3 Å². The lowest BCUT2D eigenvalue weighted by atomic mass is 10.3. The number of anilines is 1. The van der Waals surface area contributed by atoms with Crippen LogP contribution in [0.15, 0.2) is 59.2 Å². The highest BCUT2D eigenvalue weighted by atomic mass is 16.3. The maximum absolute atomic E-state index is 11.8. The molecular formula is C14H13NO2. The molecule has 17 heavy (non-hydrogen) atoms. The molecule has 3 nitrogen and oxygen atoms in total. The maximum Gasteiger partial charge on any atom is 0.250 e. The van der Waals surface area contributed by atoms with Gasteiger partial charge in [-0.3, -0.25) is 4.79 Å². The van der Waals surface area contributed by atoms with Gasteiger partial charge < -0.3 is 9.32 Å². The van der Waals surface area contributed by atoms with Crippen molar-refractivity contribution in [1.29, 1.82) is 0 Å². The first-order valence-electron chi connectivity index (χ1n) is 5.32. The molecule has 0 saturated carbocycles. The van der Waals surface area contributed by atoms with E-state index in [9.17, 15) is 4.79 Å². The average molecular weight is 227 g/mol. The first-order chi connectivity index (χ1) is 8.27. The van der Waals surface area contributed by atoms with E-state index in [1.165, 1.54) is 6.08 Å². The Kier molecular flexibility index (Phi) is 3.40. The van der Waals surface area contributed by atoms with Gasteiger partial charge in [-0.2, -0.15) is 0 Å². The second-order valence-electron chi connectivity index (χ2n) is 3.58. The fraction of sp³-hybridized carbons (Fsp3) is 0.0714. The van der Waals surface area contributed by atoms with Crippen molar-refractivity contribution in [2.24, 2.45) is 0 Å². The number of hydrogen-bond donors (Lipinski definition) is 0. The summed E-state index contributed by atoms with van der Waals surface area (Å²) in [5.74, 6) is 0.576. The summed E-state index contributed by atoms with van der Waals surface area (Å²) in [7, 11) is 1.74. The molecule has 0 aliphatic heterocycles. The molecule has 0 fully saturated rings. The molecular weight excluding hydrogens is 214 g/mol. The third-order valence-electron chi connectivity index (χ3n) is 2.41. The minimum absolute atomic E-state index is 0.0902. The minimum Gasteiger partial charge on any atom is -0.465 e. The molecule has 0 radical (unpaired) electrons. The number of carbonyl (C=O) groups is 1. The number of furan rings is 1. The van der Waals surface area contributed by atoms with E-state index >= 15 is 0 Å². The average Bonchev–Trinajstić information content (AvgIpc) is 2.89. The number of hydrogen-bond acceptors (Lipinski definition) is 2. The molecule has 0 bridgehead atoms. The van der Waals surface area contributed by atoms with E-state index in [-0.39, 0.29) is 5.91 Å². The molecule has 0 aliphatic rings. The summed E-state index contributed by atoms with van der Waals surface area (Å²) in [5.41, 5.74) is 0.863. The van der Waals surface area contributed by atoms with Gasteiger partial charge in [-0.05, 0) is 30.3 Å². The first-order valence-corrected chi connectivity index (χ1v) is 5.32. The number of carbonyl (C=O) groups excluding carboxylic acids is 1. The van der Waals surface area contributed by atoms with E-state index in [4.69, 9.17) is 4.42 Å². The summed E-state index contributed by atoms with van der Waals surface area (Å²) in [4.78, 5) is 13.4. The molecule has 0 atom stereocenters. The van der Waals surface area contributed by atoms with Gasteiger partial charge in [-0.25, -0.2) is 0 Å². The second-order valence-corrected chi connectivity index (χ2v) is 3.58. The number of benzene rings is 1. The van der Waals surface area contributed by atoms with Crippen LogP contribution in [0.1, 0.15) is 5.76 Å². The Morgan fingerprint density at radius 3 is 2.59 bits per heavy atom. The Labute approximate surface area is 100.0 Å². The Bertz CT molecular complexity index is 500. The molecule has 3 heteroatoms. The van der Waals surface area contributed by atoms with Crippen molar-refractivity contribution in [2.75, 3.05) is 11.9 Å². The topological polar surface area (TPSA) is 33.5 Å². The second kappa shape index (κ2) is 5.16.